The number of thiol groups is 1. The van der Waals surface area contributed by atoms with Crippen LogP contribution in [0.25, 0.3) is 0 Å². The molecule has 0 fully saturated rings. The average molecular weight is 163 g/mol. The van der Waals surface area contributed by atoms with E-state index in [2.05, 4.69) is 19.6 Å². The molecule has 9 heavy (non-hydrogen) atoms. The Morgan fingerprint density at radius 3 is 2.44 bits per heavy atom. The van der Waals surface area contributed by atoms with E-state index < -0.39 is 0 Å². The van der Waals surface area contributed by atoms with Crippen LogP contribution in [0.5, 0.6) is 0 Å². The minimum Gasteiger partial charge on any atom is -0.179 e. The molecule has 1 radical (unpaired) electrons. The van der Waals surface area contributed by atoms with Crippen molar-refractivity contribution < 1.29 is 0 Å². The Balaban J connectivity index is 2.60. The molecule has 0 amide bonds. The van der Waals surface area contributed by atoms with Crippen LogP contribution < -0.4 is 0 Å². The van der Waals surface area contributed by atoms with Crippen LogP contribution in [0.2, 0.25) is 0 Å². The van der Waals surface area contributed by atoms with Gasteiger partial charge in [0.05, 0.1) is 0 Å². The first-order valence-corrected chi connectivity index (χ1v) is 5.18. The monoisotopic (exact) mass is 163 g/mol. The predicted molar refractivity (Wildman–Crippen MR) is 50.4 cm³/mol. The van der Waals surface area contributed by atoms with Crippen LogP contribution in [0.15, 0.2) is 0 Å². The van der Waals surface area contributed by atoms with Crippen LogP contribution in [0, 0.1) is 6.92 Å². The summed E-state index contributed by atoms with van der Waals surface area (Å²) in [5.41, 5.74) is 0. The van der Waals surface area contributed by atoms with Crippen molar-refractivity contribution >= 4 is 24.4 Å². The molecule has 0 spiro atoms. The molecule has 0 rings (SSSR count). The third-order valence-corrected chi connectivity index (χ3v) is 2.46. The van der Waals surface area contributed by atoms with Gasteiger partial charge in [-0.05, 0) is 30.1 Å². The van der Waals surface area contributed by atoms with Crippen LogP contribution >= 0.6 is 24.4 Å². The van der Waals surface area contributed by atoms with Crippen molar-refractivity contribution in [3.8, 4) is 0 Å². The molecule has 2 heteroatoms. The summed E-state index contributed by atoms with van der Waals surface area (Å²) in [6.45, 7) is 3.78. The fourth-order valence-electron chi connectivity index (χ4n) is 0.473. The summed E-state index contributed by atoms with van der Waals surface area (Å²) < 4.78 is 0. The van der Waals surface area contributed by atoms with E-state index in [1.54, 1.807) is 0 Å². The molecule has 0 unspecified atom stereocenters. The Morgan fingerprint density at radius 1 is 1.22 bits per heavy atom. The lowest BCUT2D eigenvalue weighted by Gasteiger charge is -1.96. The van der Waals surface area contributed by atoms with Crippen molar-refractivity contribution in [2.75, 3.05) is 17.3 Å². The van der Waals surface area contributed by atoms with Crippen LogP contribution in [-0.4, -0.2) is 17.3 Å². The summed E-state index contributed by atoms with van der Waals surface area (Å²) in [6.07, 6.45) is 3.58. The number of rotatable bonds is 6. The van der Waals surface area contributed by atoms with Gasteiger partial charge < -0.3 is 0 Å². The maximum absolute atomic E-state index is 4.12. The van der Waals surface area contributed by atoms with Crippen molar-refractivity contribution in [2.45, 2.75) is 19.3 Å². The number of hydrogen-bond acceptors (Lipinski definition) is 2. The molecule has 0 aliphatic rings. The van der Waals surface area contributed by atoms with Gasteiger partial charge in [0.15, 0.2) is 0 Å². The molecule has 0 heterocycles. The van der Waals surface area contributed by atoms with Gasteiger partial charge in [-0.2, -0.15) is 24.4 Å². The smallest absolute Gasteiger partial charge is 0.00598 e. The van der Waals surface area contributed by atoms with Crippen LogP contribution in [0.4, 0.5) is 0 Å². The molecule has 0 saturated heterocycles. The zero-order chi connectivity index (χ0) is 6.95. The van der Waals surface area contributed by atoms with E-state index in [0.717, 1.165) is 12.2 Å². The van der Waals surface area contributed by atoms with Crippen LogP contribution in [0.1, 0.15) is 19.3 Å². The molecular weight excluding hydrogens is 148 g/mol. The third-order valence-electron chi connectivity index (χ3n) is 0.985. The first-order chi connectivity index (χ1) is 4.41. The molecule has 0 aromatic rings. The highest BCUT2D eigenvalue weighted by atomic mass is 32.2. The van der Waals surface area contributed by atoms with Crippen molar-refractivity contribution in [1.82, 2.24) is 0 Å². The second kappa shape index (κ2) is 8.70. The Morgan fingerprint density at radius 2 is 1.89 bits per heavy atom. The SMILES string of the molecule is [CH2]CCCSCCCS. The van der Waals surface area contributed by atoms with E-state index in [0.29, 0.717) is 0 Å². The Labute approximate surface area is 68.2 Å². The summed E-state index contributed by atoms with van der Waals surface area (Å²) in [7, 11) is 0. The molecule has 0 aromatic carbocycles. The van der Waals surface area contributed by atoms with Crippen molar-refractivity contribution in [3.05, 3.63) is 6.92 Å². The van der Waals surface area contributed by atoms with Crippen LogP contribution in [-0.2, 0) is 0 Å². The summed E-state index contributed by atoms with van der Waals surface area (Å²) in [6, 6.07) is 0. The largest absolute Gasteiger partial charge is 0.179 e. The van der Waals surface area contributed by atoms with E-state index in [-0.39, 0.29) is 0 Å². The van der Waals surface area contributed by atoms with E-state index in [9.17, 15) is 0 Å². The summed E-state index contributed by atoms with van der Waals surface area (Å²) in [5, 5.41) is 0. The molecular formula is C7H15S2. The first kappa shape index (κ1) is 9.70. The molecule has 0 aromatic heterocycles. The molecule has 0 bridgehead atoms. The zero-order valence-electron chi connectivity index (χ0n) is 5.81. The maximum atomic E-state index is 4.12. The molecule has 0 atom stereocenters. The van der Waals surface area contributed by atoms with Gasteiger partial charge >= 0.3 is 0 Å². The predicted octanol–water partition coefficient (Wildman–Crippen LogP) is 2.65. The van der Waals surface area contributed by atoms with Gasteiger partial charge in [0.1, 0.15) is 0 Å². The fourth-order valence-corrected chi connectivity index (χ4v) is 1.81. The number of unbranched alkanes of at least 4 members (excludes halogenated alkanes) is 1. The van der Waals surface area contributed by atoms with Gasteiger partial charge in [0, 0.05) is 0 Å². The fraction of sp³-hybridized carbons (Fsp3) is 0.857. The minimum atomic E-state index is 1.03. The Bertz CT molecular complexity index is 40.2. The van der Waals surface area contributed by atoms with Crippen molar-refractivity contribution in [2.24, 2.45) is 0 Å². The summed E-state index contributed by atoms with van der Waals surface area (Å²) in [5.74, 6) is 3.57. The normalized spacial score (nSPS) is 10.0. The molecule has 55 valence electrons. The van der Waals surface area contributed by atoms with E-state index in [1.165, 1.54) is 24.3 Å². The Kier molecular flexibility index (Phi) is 9.38. The van der Waals surface area contributed by atoms with E-state index >= 15 is 0 Å². The standard InChI is InChI=1S/C7H15S2/c1-2-3-6-9-7-4-5-8/h8H,1-7H2. The van der Waals surface area contributed by atoms with Crippen LogP contribution in [0.3, 0.4) is 0 Å². The van der Waals surface area contributed by atoms with Gasteiger partial charge in [0.2, 0.25) is 0 Å². The van der Waals surface area contributed by atoms with Gasteiger partial charge in [-0.1, -0.05) is 13.3 Å². The van der Waals surface area contributed by atoms with E-state index in [1.807, 2.05) is 11.8 Å². The second-order valence-corrected chi connectivity index (χ2v) is 3.57. The third kappa shape index (κ3) is 8.70. The van der Waals surface area contributed by atoms with Gasteiger partial charge in [-0.15, -0.1) is 0 Å². The highest BCUT2D eigenvalue weighted by molar-refractivity contribution is 7.99. The maximum Gasteiger partial charge on any atom is -0.00598 e. The lowest BCUT2D eigenvalue weighted by atomic mass is 10.4. The molecule has 0 saturated carbocycles. The summed E-state index contributed by atoms with van der Waals surface area (Å²) >= 11 is 6.13. The van der Waals surface area contributed by atoms with E-state index in [4.69, 9.17) is 0 Å². The lowest BCUT2D eigenvalue weighted by molar-refractivity contribution is 0.966. The van der Waals surface area contributed by atoms with Crippen molar-refractivity contribution in [3.63, 3.8) is 0 Å². The second-order valence-electron chi connectivity index (χ2n) is 1.90. The topological polar surface area (TPSA) is 0 Å². The summed E-state index contributed by atoms with van der Waals surface area (Å²) in [4.78, 5) is 0. The number of hydrogen-bond donors (Lipinski definition) is 1. The highest BCUT2D eigenvalue weighted by Crippen LogP contribution is 2.05. The average Bonchev–Trinajstić information content (AvgIpc) is 1.89. The molecule has 0 N–H and O–H groups in total. The molecule has 0 nitrogen and oxygen atoms in total. The minimum absolute atomic E-state index is 1.03. The molecule has 0 aliphatic heterocycles. The highest BCUT2D eigenvalue weighted by Gasteiger charge is 1.85. The zero-order valence-corrected chi connectivity index (χ0v) is 7.52. The lowest BCUT2D eigenvalue weighted by Crippen LogP contribution is -1.83. The molecule has 0 aliphatic carbocycles. The van der Waals surface area contributed by atoms with Gasteiger partial charge in [-0.25, -0.2) is 0 Å². The van der Waals surface area contributed by atoms with Crippen molar-refractivity contribution in [1.29, 1.82) is 0 Å². The Hall–Kier alpha value is 0.700. The first-order valence-electron chi connectivity index (χ1n) is 3.39. The number of thioether (sulfide) groups is 1. The van der Waals surface area contributed by atoms with Gasteiger partial charge in [-0.3, -0.25) is 0 Å². The quantitative estimate of drug-likeness (QED) is 0.464. The van der Waals surface area contributed by atoms with Gasteiger partial charge in [0.25, 0.3) is 0 Å².